The molecule has 3 aromatic heterocycles. The first-order valence-corrected chi connectivity index (χ1v) is 18.7. The molecule has 4 aliphatic rings. The number of carbonyl (C=O) groups excluding carboxylic acids is 1. The molecular weight excluding hydrogens is 656 g/mol. The molecule has 12 heteroatoms. The molecule has 4 aromatic rings. The molecule has 2 N–H and O–H groups in total. The van der Waals surface area contributed by atoms with E-state index in [-0.39, 0.29) is 17.7 Å². The number of carbonyl (C=O) groups is 2. The Kier molecular flexibility index (Phi) is 10.7. The average Bonchev–Trinajstić information content (AvgIpc) is 3.54. The molecule has 0 unspecified atom stereocenters. The van der Waals surface area contributed by atoms with Crippen molar-refractivity contribution >= 4 is 34.9 Å². The number of aliphatic carboxylic acids is 1. The molecule has 0 radical (unpaired) electrons. The number of piperidine rings is 2. The van der Waals surface area contributed by atoms with E-state index in [0.717, 1.165) is 136 Å². The lowest BCUT2D eigenvalue weighted by Gasteiger charge is -2.35. The number of ether oxygens (including phenoxy) is 1. The molecule has 8 rings (SSSR count). The molecule has 0 aliphatic carbocycles. The summed E-state index contributed by atoms with van der Waals surface area (Å²) in [4.78, 5) is 50.8. The van der Waals surface area contributed by atoms with Crippen molar-refractivity contribution in [1.29, 1.82) is 0 Å². The smallest absolute Gasteiger partial charge is 0.306 e. The Balaban J connectivity index is 0.000000220. The van der Waals surface area contributed by atoms with E-state index >= 15 is 0 Å². The van der Waals surface area contributed by atoms with Gasteiger partial charge in [0.2, 0.25) is 11.9 Å². The fourth-order valence-electron chi connectivity index (χ4n) is 7.66. The number of rotatable bonds is 5. The number of nitrogens with one attached hydrogen (secondary N) is 1. The summed E-state index contributed by atoms with van der Waals surface area (Å²) in [6.07, 6.45) is 7.73. The lowest BCUT2D eigenvalue weighted by Crippen LogP contribution is -2.43. The zero-order chi connectivity index (χ0) is 36.2. The molecule has 3 fully saturated rings. The minimum Gasteiger partial charge on any atom is -0.481 e. The van der Waals surface area contributed by atoms with E-state index in [9.17, 15) is 9.59 Å². The van der Waals surface area contributed by atoms with Crippen molar-refractivity contribution in [1.82, 2.24) is 19.9 Å². The molecule has 52 heavy (non-hydrogen) atoms. The summed E-state index contributed by atoms with van der Waals surface area (Å²) in [6.45, 7) is 13.2. The third-order valence-corrected chi connectivity index (χ3v) is 10.8. The summed E-state index contributed by atoms with van der Waals surface area (Å²) in [6, 6.07) is 14.6. The van der Waals surface area contributed by atoms with Crippen molar-refractivity contribution in [3.8, 4) is 11.3 Å². The van der Waals surface area contributed by atoms with Gasteiger partial charge in [0.15, 0.2) is 0 Å². The molecule has 12 nitrogen and oxygen atoms in total. The lowest BCUT2D eigenvalue weighted by molar-refractivity contribution is -0.142. The number of morpholine rings is 1. The highest BCUT2D eigenvalue weighted by molar-refractivity contribution is 6.00. The zero-order valence-corrected chi connectivity index (χ0v) is 30.6. The maximum absolute atomic E-state index is 13.9. The minimum atomic E-state index is -0.665. The highest BCUT2D eigenvalue weighted by Gasteiger charge is 2.33. The van der Waals surface area contributed by atoms with Gasteiger partial charge >= 0.3 is 5.97 Å². The van der Waals surface area contributed by atoms with Gasteiger partial charge in [-0.15, -0.1) is 0 Å². The van der Waals surface area contributed by atoms with Crippen LogP contribution < -0.4 is 19.6 Å². The number of aromatic nitrogens is 4. The van der Waals surface area contributed by atoms with Crippen molar-refractivity contribution in [3.05, 3.63) is 77.5 Å². The number of carboxylic acid groups (broad SMARTS) is 1. The van der Waals surface area contributed by atoms with Crippen molar-refractivity contribution in [2.45, 2.75) is 52.9 Å². The largest absolute Gasteiger partial charge is 0.481 e. The van der Waals surface area contributed by atoms with Crippen molar-refractivity contribution in [3.63, 3.8) is 0 Å². The van der Waals surface area contributed by atoms with Crippen LogP contribution in [0.25, 0.3) is 11.3 Å². The summed E-state index contributed by atoms with van der Waals surface area (Å²) in [7, 11) is 0. The highest BCUT2D eigenvalue weighted by atomic mass is 16.5. The number of hydrogen-bond donors (Lipinski definition) is 2. The number of anilines is 4. The van der Waals surface area contributed by atoms with Gasteiger partial charge in [0.25, 0.3) is 0 Å². The minimum absolute atomic E-state index is 0.0297. The summed E-state index contributed by atoms with van der Waals surface area (Å²) in [5.74, 6) is 0.340. The van der Waals surface area contributed by atoms with E-state index in [0.29, 0.717) is 6.54 Å². The maximum atomic E-state index is 13.9. The number of pyridine rings is 2. The molecule has 1 aromatic carbocycles. The van der Waals surface area contributed by atoms with Crippen molar-refractivity contribution in [2.75, 3.05) is 78.6 Å². The van der Waals surface area contributed by atoms with E-state index < -0.39 is 5.97 Å². The Morgan fingerprint density at radius 1 is 0.750 bits per heavy atom. The second kappa shape index (κ2) is 15.7. The van der Waals surface area contributed by atoms with E-state index in [2.05, 4.69) is 66.9 Å². The van der Waals surface area contributed by atoms with E-state index in [1.807, 2.05) is 43.3 Å². The van der Waals surface area contributed by atoms with Crippen LogP contribution in [-0.2, 0) is 20.7 Å². The number of amides is 1. The first kappa shape index (κ1) is 35.4. The van der Waals surface area contributed by atoms with Crippen molar-refractivity contribution < 1.29 is 19.4 Å². The molecule has 7 heterocycles. The summed E-state index contributed by atoms with van der Waals surface area (Å²) in [5, 5.41) is 8.90. The van der Waals surface area contributed by atoms with Crippen LogP contribution in [0.5, 0.6) is 0 Å². The molecule has 1 amide bonds. The third-order valence-electron chi connectivity index (χ3n) is 10.8. The maximum Gasteiger partial charge on any atom is 0.306 e. The second-order valence-electron chi connectivity index (χ2n) is 14.4. The molecule has 0 bridgehead atoms. The molecule has 0 spiro atoms. The topological polar surface area (TPSA) is 131 Å². The summed E-state index contributed by atoms with van der Waals surface area (Å²) in [5.41, 5.74) is 9.55. The number of aryl methyl sites for hydroxylation is 3. The van der Waals surface area contributed by atoms with Gasteiger partial charge in [-0.05, 0) is 82.9 Å². The predicted molar refractivity (Wildman–Crippen MR) is 203 cm³/mol. The van der Waals surface area contributed by atoms with Crippen LogP contribution in [-0.4, -0.2) is 95.9 Å². The molecule has 274 valence electrons. The number of carboxylic acids is 1. The number of imidazole rings is 1. The summed E-state index contributed by atoms with van der Waals surface area (Å²) < 4.78 is 5.52. The van der Waals surface area contributed by atoms with Crippen LogP contribution in [0.2, 0.25) is 0 Å². The molecular formula is C40H50N8O4. The number of H-pyrrole nitrogens is 1. The number of hydrogen-bond acceptors (Lipinski definition) is 9. The van der Waals surface area contributed by atoms with Gasteiger partial charge in [0.1, 0.15) is 0 Å². The first-order chi connectivity index (χ1) is 25.2. The Morgan fingerprint density at radius 2 is 1.35 bits per heavy atom. The Bertz CT molecular complexity index is 1840. The van der Waals surface area contributed by atoms with E-state index in [1.165, 1.54) is 5.56 Å². The number of benzene rings is 1. The fraction of sp³-hybridized carbons (Fsp3) is 0.475. The number of aromatic amines is 1. The number of fused-ring (bicyclic) bond motifs is 3. The molecule has 0 saturated carbocycles. The SMILES string of the molecule is Cc1ccc(N2CCC(C(=O)O)CC2)cn1.Cc1ccc2c(c1)-c1nc(N3CCOCC3)[nH]c1CCN2C(=O)C1CCN(c2ccc(C)nc2)CC1. The van der Waals surface area contributed by atoms with Gasteiger partial charge < -0.3 is 34.4 Å². The Hall–Kier alpha value is -4.97. The average molecular weight is 707 g/mol. The van der Waals surface area contributed by atoms with Crippen LogP contribution >= 0.6 is 0 Å². The van der Waals surface area contributed by atoms with Gasteiger partial charge in [0, 0.05) is 80.8 Å². The van der Waals surface area contributed by atoms with Gasteiger partial charge in [0.05, 0.1) is 54.3 Å². The fourth-order valence-corrected chi connectivity index (χ4v) is 7.66. The lowest BCUT2D eigenvalue weighted by atomic mass is 9.94. The van der Waals surface area contributed by atoms with Gasteiger partial charge in [-0.1, -0.05) is 11.6 Å². The van der Waals surface area contributed by atoms with Crippen LogP contribution in [0, 0.1) is 32.6 Å². The van der Waals surface area contributed by atoms with Crippen LogP contribution in [0.3, 0.4) is 0 Å². The standard InChI is InChI=1S/C28H34N6O2.C12H16N2O2/c1-19-3-6-25-23(17-19)26-24(30-28(31-26)33-13-15-36-16-14-33)9-12-34(25)27(35)21-7-10-32(11-8-21)22-5-4-20(2)29-18-22;1-9-2-3-11(8-13-9)14-6-4-10(5-7-14)12(15)16/h3-6,17-18,21H,7-16H2,1-2H3,(H,30,31);2-3,8,10H,4-7H2,1H3,(H,15,16). The zero-order valence-electron chi connectivity index (χ0n) is 30.6. The number of nitrogens with zero attached hydrogens (tertiary/aromatic N) is 7. The monoisotopic (exact) mass is 706 g/mol. The van der Waals surface area contributed by atoms with Gasteiger partial charge in [-0.25, -0.2) is 4.98 Å². The Morgan fingerprint density at radius 3 is 1.90 bits per heavy atom. The van der Waals surface area contributed by atoms with Crippen molar-refractivity contribution in [2.24, 2.45) is 11.8 Å². The predicted octanol–water partition coefficient (Wildman–Crippen LogP) is 5.42. The van der Waals surface area contributed by atoms with Gasteiger partial charge in [-0.3, -0.25) is 19.6 Å². The molecule has 3 saturated heterocycles. The normalized spacial score (nSPS) is 18.2. The van der Waals surface area contributed by atoms with Gasteiger partial charge in [-0.2, -0.15) is 0 Å². The second-order valence-corrected chi connectivity index (χ2v) is 14.4. The van der Waals surface area contributed by atoms with Crippen LogP contribution in [0.4, 0.5) is 23.0 Å². The van der Waals surface area contributed by atoms with E-state index in [4.69, 9.17) is 14.8 Å². The highest BCUT2D eigenvalue weighted by Crippen LogP contribution is 2.39. The quantitative estimate of drug-likeness (QED) is 0.277. The molecule has 4 aliphatic heterocycles. The van der Waals surface area contributed by atoms with E-state index in [1.54, 1.807) is 0 Å². The Labute approximate surface area is 305 Å². The summed E-state index contributed by atoms with van der Waals surface area (Å²) >= 11 is 0. The first-order valence-electron chi connectivity index (χ1n) is 18.7. The van der Waals surface area contributed by atoms with Crippen LogP contribution in [0.1, 0.15) is 48.3 Å². The van der Waals surface area contributed by atoms with Crippen LogP contribution in [0.15, 0.2) is 54.9 Å². The third kappa shape index (κ3) is 7.91. The molecule has 0 atom stereocenters.